The molecule has 7 heteroatoms. The summed E-state index contributed by atoms with van der Waals surface area (Å²) in [5.41, 5.74) is 0.159. The number of carboxylic acid groups (broad SMARTS) is 1. The van der Waals surface area contributed by atoms with E-state index in [0.717, 1.165) is 24.9 Å². The number of carbonyl (C=O) groups excluding carboxylic acids is 2. The molecule has 156 valence electrons. The van der Waals surface area contributed by atoms with Gasteiger partial charge in [-0.25, -0.2) is 4.79 Å². The summed E-state index contributed by atoms with van der Waals surface area (Å²) in [5, 5.41) is 12.8. The minimum atomic E-state index is -0.931. The maximum absolute atomic E-state index is 13.7. The quantitative estimate of drug-likeness (QED) is 0.798. The first-order valence-electron chi connectivity index (χ1n) is 10.6. The highest BCUT2D eigenvalue weighted by Crippen LogP contribution is 2.39. The SMILES string of the molecule is O=C(O)C1CCCN1C(=O)C1(c2ccccc2)CCN(C(=O)C2CCCN2)CC1. The van der Waals surface area contributed by atoms with Gasteiger partial charge in [-0.1, -0.05) is 30.3 Å². The van der Waals surface area contributed by atoms with Gasteiger partial charge in [0.15, 0.2) is 0 Å². The highest BCUT2D eigenvalue weighted by atomic mass is 16.4. The summed E-state index contributed by atoms with van der Waals surface area (Å²) >= 11 is 0. The molecule has 1 aromatic rings. The fraction of sp³-hybridized carbons (Fsp3) is 0.591. The third kappa shape index (κ3) is 3.64. The van der Waals surface area contributed by atoms with Crippen molar-refractivity contribution in [1.82, 2.24) is 15.1 Å². The molecule has 0 spiro atoms. The number of hydrogen-bond donors (Lipinski definition) is 2. The molecule has 4 rings (SSSR count). The molecule has 0 aliphatic carbocycles. The molecule has 0 radical (unpaired) electrons. The average Bonchev–Trinajstić information content (AvgIpc) is 3.45. The highest BCUT2D eigenvalue weighted by molar-refractivity contribution is 5.92. The molecule has 2 unspecified atom stereocenters. The van der Waals surface area contributed by atoms with Crippen molar-refractivity contribution in [2.45, 2.75) is 56.0 Å². The van der Waals surface area contributed by atoms with Crippen LogP contribution in [-0.4, -0.2) is 71.0 Å². The zero-order valence-corrected chi connectivity index (χ0v) is 16.7. The Kier molecular flexibility index (Phi) is 5.58. The summed E-state index contributed by atoms with van der Waals surface area (Å²) in [7, 11) is 0. The topological polar surface area (TPSA) is 90.0 Å². The average molecular weight is 399 g/mol. The maximum atomic E-state index is 13.7. The molecular formula is C22H29N3O4. The van der Waals surface area contributed by atoms with Crippen LogP contribution in [0.4, 0.5) is 0 Å². The van der Waals surface area contributed by atoms with E-state index in [1.54, 1.807) is 4.90 Å². The molecule has 3 heterocycles. The molecule has 3 saturated heterocycles. The van der Waals surface area contributed by atoms with Crippen LogP contribution in [-0.2, 0) is 19.8 Å². The van der Waals surface area contributed by atoms with Crippen molar-refractivity contribution in [3.05, 3.63) is 35.9 Å². The number of piperidine rings is 1. The van der Waals surface area contributed by atoms with E-state index >= 15 is 0 Å². The van der Waals surface area contributed by atoms with Gasteiger partial charge in [0, 0.05) is 19.6 Å². The van der Waals surface area contributed by atoms with Gasteiger partial charge in [-0.3, -0.25) is 9.59 Å². The molecule has 29 heavy (non-hydrogen) atoms. The summed E-state index contributed by atoms with van der Waals surface area (Å²) in [6, 6.07) is 8.82. The van der Waals surface area contributed by atoms with Gasteiger partial charge in [0.1, 0.15) is 6.04 Å². The van der Waals surface area contributed by atoms with Crippen LogP contribution >= 0.6 is 0 Å². The van der Waals surface area contributed by atoms with Gasteiger partial charge >= 0.3 is 5.97 Å². The lowest BCUT2D eigenvalue weighted by atomic mass is 9.71. The highest BCUT2D eigenvalue weighted by Gasteiger charge is 2.49. The molecule has 7 nitrogen and oxygen atoms in total. The fourth-order valence-corrected chi connectivity index (χ4v) is 5.15. The van der Waals surface area contributed by atoms with Crippen molar-refractivity contribution in [2.24, 2.45) is 0 Å². The van der Waals surface area contributed by atoms with Crippen LogP contribution < -0.4 is 5.32 Å². The zero-order valence-electron chi connectivity index (χ0n) is 16.7. The second kappa shape index (κ2) is 8.14. The summed E-state index contributed by atoms with van der Waals surface area (Å²) in [5.74, 6) is -0.903. The number of nitrogens with one attached hydrogen (secondary N) is 1. The molecule has 0 saturated carbocycles. The van der Waals surface area contributed by atoms with Gasteiger partial charge < -0.3 is 20.2 Å². The molecule has 3 aliphatic rings. The summed E-state index contributed by atoms with van der Waals surface area (Å²) in [4.78, 5) is 41.6. The van der Waals surface area contributed by atoms with E-state index in [1.807, 2.05) is 35.2 Å². The largest absolute Gasteiger partial charge is 0.480 e. The third-order valence-electron chi connectivity index (χ3n) is 6.82. The van der Waals surface area contributed by atoms with Gasteiger partial charge in [-0.05, 0) is 50.6 Å². The summed E-state index contributed by atoms with van der Waals surface area (Å²) in [6.07, 6.45) is 4.15. The molecule has 3 fully saturated rings. The number of aliphatic carboxylic acids is 1. The minimum Gasteiger partial charge on any atom is -0.480 e. The first kappa shape index (κ1) is 19.9. The van der Waals surface area contributed by atoms with Gasteiger partial charge in [0.25, 0.3) is 0 Å². The Morgan fingerprint density at radius 3 is 2.34 bits per heavy atom. The molecule has 0 bridgehead atoms. The van der Waals surface area contributed by atoms with Crippen molar-refractivity contribution in [2.75, 3.05) is 26.2 Å². The Bertz CT molecular complexity index is 768. The van der Waals surface area contributed by atoms with Crippen LogP contribution in [0.1, 0.15) is 44.1 Å². The van der Waals surface area contributed by atoms with Crippen LogP contribution in [0.2, 0.25) is 0 Å². The Balaban J connectivity index is 1.58. The van der Waals surface area contributed by atoms with Gasteiger partial charge in [-0.2, -0.15) is 0 Å². The number of amides is 2. The smallest absolute Gasteiger partial charge is 0.326 e. The molecule has 2 N–H and O–H groups in total. The van der Waals surface area contributed by atoms with Crippen LogP contribution in [0.15, 0.2) is 30.3 Å². The van der Waals surface area contributed by atoms with Crippen molar-refractivity contribution in [3.63, 3.8) is 0 Å². The molecular weight excluding hydrogens is 370 g/mol. The third-order valence-corrected chi connectivity index (χ3v) is 6.82. The van der Waals surface area contributed by atoms with E-state index < -0.39 is 17.4 Å². The lowest BCUT2D eigenvalue weighted by Crippen LogP contribution is -2.57. The van der Waals surface area contributed by atoms with Crippen molar-refractivity contribution >= 4 is 17.8 Å². The Hall–Kier alpha value is -2.41. The van der Waals surface area contributed by atoms with E-state index in [0.29, 0.717) is 45.3 Å². The molecule has 0 aromatic heterocycles. The first-order valence-corrected chi connectivity index (χ1v) is 10.6. The number of nitrogens with zero attached hydrogens (tertiary/aromatic N) is 2. The Morgan fingerprint density at radius 1 is 1.00 bits per heavy atom. The van der Waals surface area contributed by atoms with Gasteiger partial charge in [0.05, 0.1) is 11.5 Å². The number of benzene rings is 1. The molecule has 3 aliphatic heterocycles. The fourth-order valence-electron chi connectivity index (χ4n) is 5.15. The zero-order chi connectivity index (χ0) is 20.4. The lowest BCUT2D eigenvalue weighted by Gasteiger charge is -2.44. The van der Waals surface area contributed by atoms with Crippen LogP contribution in [0.25, 0.3) is 0 Å². The predicted octanol–water partition coefficient (Wildman–Crippen LogP) is 1.37. The summed E-state index contributed by atoms with van der Waals surface area (Å²) < 4.78 is 0. The normalized spacial score (nSPS) is 26.5. The second-order valence-corrected chi connectivity index (χ2v) is 8.42. The first-order chi connectivity index (χ1) is 14.0. The number of carbonyl (C=O) groups is 3. The van der Waals surface area contributed by atoms with Crippen LogP contribution in [0, 0.1) is 0 Å². The van der Waals surface area contributed by atoms with E-state index in [1.165, 1.54) is 0 Å². The second-order valence-electron chi connectivity index (χ2n) is 8.42. The van der Waals surface area contributed by atoms with Crippen molar-refractivity contribution in [1.29, 1.82) is 0 Å². The maximum Gasteiger partial charge on any atom is 0.326 e. The Morgan fingerprint density at radius 2 is 1.72 bits per heavy atom. The number of likely N-dealkylation sites (tertiary alicyclic amines) is 2. The van der Waals surface area contributed by atoms with Crippen molar-refractivity contribution < 1.29 is 19.5 Å². The molecule has 2 amide bonds. The minimum absolute atomic E-state index is 0.0975. The standard InChI is InChI=1S/C22H29N3O4/c26-19(17-8-4-12-23-17)24-14-10-22(11-15-24,16-6-2-1-3-7-16)21(29)25-13-5-9-18(25)20(27)28/h1-3,6-7,17-18,23H,4-5,8-15H2,(H,27,28). The Labute approximate surface area is 171 Å². The van der Waals surface area contributed by atoms with E-state index in [2.05, 4.69) is 5.32 Å². The monoisotopic (exact) mass is 399 g/mol. The van der Waals surface area contributed by atoms with E-state index in [-0.39, 0.29) is 17.9 Å². The van der Waals surface area contributed by atoms with Crippen LogP contribution in [0.5, 0.6) is 0 Å². The summed E-state index contributed by atoms with van der Waals surface area (Å²) in [6.45, 7) is 2.40. The van der Waals surface area contributed by atoms with E-state index in [9.17, 15) is 19.5 Å². The lowest BCUT2D eigenvalue weighted by molar-refractivity contribution is -0.152. The molecule has 1 aromatic carbocycles. The van der Waals surface area contributed by atoms with Gasteiger partial charge in [-0.15, -0.1) is 0 Å². The molecule has 2 atom stereocenters. The van der Waals surface area contributed by atoms with E-state index in [4.69, 9.17) is 0 Å². The van der Waals surface area contributed by atoms with Crippen LogP contribution in [0.3, 0.4) is 0 Å². The number of hydrogen-bond acceptors (Lipinski definition) is 4. The van der Waals surface area contributed by atoms with Gasteiger partial charge in [0.2, 0.25) is 11.8 Å². The predicted molar refractivity (Wildman–Crippen MR) is 107 cm³/mol. The van der Waals surface area contributed by atoms with Crippen molar-refractivity contribution in [3.8, 4) is 0 Å². The number of carboxylic acids is 1. The number of rotatable bonds is 4.